The number of piperidine rings is 1. The first-order chi connectivity index (χ1) is 6.36. The van der Waals surface area contributed by atoms with Crippen molar-refractivity contribution >= 4 is 0 Å². The summed E-state index contributed by atoms with van der Waals surface area (Å²) < 4.78 is 12.7. The second-order valence-corrected chi connectivity index (χ2v) is 3.59. The summed E-state index contributed by atoms with van der Waals surface area (Å²) in [4.78, 5) is 0. The summed E-state index contributed by atoms with van der Waals surface area (Å²) in [5.41, 5.74) is 1.36. The predicted octanol–water partition coefficient (Wildman–Crippen LogP) is 2.75. The summed E-state index contributed by atoms with van der Waals surface area (Å²) in [6.07, 6.45) is 1.89. The molecule has 0 aromatic heterocycles. The molecule has 0 bridgehead atoms. The fourth-order valence-electron chi connectivity index (χ4n) is 1.91. The summed E-state index contributed by atoms with van der Waals surface area (Å²) in [5.74, 6) is 0.563. The summed E-state index contributed by atoms with van der Waals surface area (Å²) in [5, 5.41) is 0.916. The number of hydrogen-bond donors (Lipinski definition) is 0. The first-order valence-corrected chi connectivity index (χ1v) is 4.82. The van der Waals surface area contributed by atoms with Gasteiger partial charge < -0.3 is 0 Å². The van der Waals surface area contributed by atoms with Crippen LogP contribution in [0.1, 0.15) is 24.3 Å². The van der Waals surface area contributed by atoms with E-state index in [0.29, 0.717) is 19.0 Å². The van der Waals surface area contributed by atoms with Gasteiger partial charge in [0.1, 0.15) is 0 Å². The summed E-state index contributed by atoms with van der Waals surface area (Å²) in [6.45, 7) is 1.17. The van der Waals surface area contributed by atoms with Crippen LogP contribution in [0, 0.1) is 0 Å². The number of hydrogen-bond acceptors (Lipinski definition) is 1. The zero-order chi connectivity index (χ0) is 9.10. The van der Waals surface area contributed by atoms with Gasteiger partial charge in [-0.3, -0.25) is 0 Å². The van der Waals surface area contributed by atoms with Gasteiger partial charge in [0.25, 0.3) is 0 Å². The van der Waals surface area contributed by atoms with Crippen LogP contribution in [0.15, 0.2) is 30.3 Å². The lowest BCUT2D eigenvalue weighted by Crippen LogP contribution is -2.26. The molecule has 1 fully saturated rings. The molecule has 1 aliphatic heterocycles. The van der Waals surface area contributed by atoms with Gasteiger partial charge in [-0.25, -0.2) is 0 Å². The Labute approximate surface area is 78.1 Å². The van der Waals surface area contributed by atoms with Crippen LogP contribution >= 0.6 is 0 Å². The van der Waals surface area contributed by atoms with Crippen LogP contribution in [0.25, 0.3) is 0 Å². The zero-order valence-corrected chi connectivity index (χ0v) is 7.62. The van der Waals surface area contributed by atoms with Crippen LogP contribution in [0.4, 0.5) is 4.48 Å². The third-order valence-corrected chi connectivity index (χ3v) is 2.71. The van der Waals surface area contributed by atoms with E-state index in [4.69, 9.17) is 0 Å². The standard InChI is InChI=1S/C11H14FN/c12-13-8-6-11(7-9-13)10-4-2-1-3-5-10/h1-5,11H,6-9H2. The van der Waals surface area contributed by atoms with Crippen molar-refractivity contribution in [1.29, 1.82) is 0 Å². The minimum absolute atomic E-state index is 0.563. The van der Waals surface area contributed by atoms with Crippen molar-refractivity contribution in [3.8, 4) is 0 Å². The van der Waals surface area contributed by atoms with E-state index in [1.807, 2.05) is 6.07 Å². The van der Waals surface area contributed by atoms with Gasteiger partial charge in [-0.05, 0) is 24.3 Å². The number of halogens is 1. The molecule has 0 spiro atoms. The highest BCUT2D eigenvalue weighted by Gasteiger charge is 2.19. The van der Waals surface area contributed by atoms with E-state index in [0.717, 1.165) is 18.0 Å². The molecule has 0 N–H and O–H groups in total. The lowest BCUT2D eigenvalue weighted by molar-refractivity contribution is 0.000731. The minimum Gasteiger partial charge on any atom is -0.146 e. The molecule has 2 rings (SSSR count). The molecule has 0 aliphatic carbocycles. The number of benzene rings is 1. The van der Waals surface area contributed by atoms with Gasteiger partial charge in [-0.2, -0.15) is 0 Å². The van der Waals surface area contributed by atoms with Crippen molar-refractivity contribution in [2.75, 3.05) is 13.1 Å². The van der Waals surface area contributed by atoms with Crippen molar-refractivity contribution in [2.45, 2.75) is 18.8 Å². The van der Waals surface area contributed by atoms with E-state index in [1.54, 1.807) is 0 Å². The summed E-state index contributed by atoms with van der Waals surface area (Å²) >= 11 is 0. The van der Waals surface area contributed by atoms with Crippen molar-refractivity contribution in [1.82, 2.24) is 5.12 Å². The Balaban J connectivity index is 2.03. The largest absolute Gasteiger partial charge is 0.146 e. The molecule has 1 aliphatic rings. The molecule has 1 aromatic carbocycles. The molecule has 2 heteroatoms. The van der Waals surface area contributed by atoms with Crippen LogP contribution in [-0.2, 0) is 0 Å². The van der Waals surface area contributed by atoms with Gasteiger partial charge in [-0.1, -0.05) is 30.3 Å². The normalized spacial score (nSPS) is 20.4. The first kappa shape index (κ1) is 8.70. The van der Waals surface area contributed by atoms with Crippen molar-refractivity contribution in [3.63, 3.8) is 0 Å². The fourth-order valence-corrected chi connectivity index (χ4v) is 1.91. The Morgan fingerprint density at radius 3 is 2.31 bits per heavy atom. The molecule has 1 saturated heterocycles. The van der Waals surface area contributed by atoms with Gasteiger partial charge in [-0.15, -0.1) is 9.60 Å². The average Bonchev–Trinajstić information content (AvgIpc) is 2.20. The Morgan fingerprint density at radius 1 is 1.08 bits per heavy atom. The highest BCUT2D eigenvalue weighted by atomic mass is 19.2. The van der Waals surface area contributed by atoms with E-state index < -0.39 is 0 Å². The van der Waals surface area contributed by atoms with Crippen LogP contribution in [0.3, 0.4) is 0 Å². The molecular weight excluding hydrogens is 165 g/mol. The molecule has 1 aromatic rings. The van der Waals surface area contributed by atoms with Crippen molar-refractivity contribution in [2.24, 2.45) is 0 Å². The Kier molecular flexibility index (Phi) is 2.60. The smallest absolute Gasteiger partial charge is 0.0296 e. The SMILES string of the molecule is FN1CCC(c2ccccc2)CC1. The highest BCUT2D eigenvalue weighted by Crippen LogP contribution is 2.27. The Hall–Kier alpha value is -0.890. The molecule has 70 valence electrons. The lowest BCUT2D eigenvalue weighted by atomic mass is 9.90. The molecule has 0 saturated carbocycles. The minimum atomic E-state index is 0.563. The maximum Gasteiger partial charge on any atom is 0.0296 e. The number of nitrogens with zero attached hydrogens (tertiary/aromatic N) is 1. The molecule has 13 heavy (non-hydrogen) atoms. The van der Waals surface area contributed by atoms with Crippen LogP contribution in [0.2, 0.25) is 0 Å². The van der Waals surface area contributed by atoms with Gasteiger partial charge in [0.05, 0.1) is 0 Å². The molecule has 1 heterocycles. The lowest BCUT2D eigenvalue weighted by Gasteiger charge is -2.25. The van der Waals surface area contributed by atoms with Crippen LogP contribution in [-0.4, -0.2) is 18.2 Å². The molecule has 0 amide bonds. The quantitative estimate of drug-likeness (QED) is 0.599. The van der Waals surface area contributed by atoms with Gasteiger partial charge in [0, 0.05) is 13.1 Å². The van der Waals surface area contributed by atoms with E-state index in [-0.39, 0.29) is 0 Å². The van der Waals surface area contributed by atoms with Crippen LogP contribution in [0.5, 0.6) is 0 Å². The van der Waals surface area contributed by atoms with Crippen molar-refractivity contribution in [3.05, 3.63) is 35.9 Å². The Morgan fingerprint density at radius 2 is 1.69 bits per heavy atom. The third-order valence-electron chi connectivity index (χ3n) is 2.71. The van der Waals surface area contributed by atoms with Crippen molar-refractivity contribution < 1.29 is 4.48 Å². The van der Waals surface area contributed by atoms with E-state index >= 15 is 0 Å². The maximum absolute atomic E-state index is 12.7. The predicted molar refractivity (Wildman–Crippen MR) is 51.1 cm³/mol. The van der Waals surface area contributed by atoms with E-state index in [2.05, 4.69) is 24.3 Å². The van der Waals surface area contributed by atoms with Crippen LogP contribution < -0.4 is 0 Å². The molecule has 0 unspecified atom stereocenters. The summed E-state index contributed by atoms with van der Waals surface area (Å²) in [7, 11) is 0. The average molecular weight is 179 g/mol. The first-order valence-electron chi connectivity index (χ1n) is 4.82. The van der Waals surface area contributed by atoms with Gasteiger partial charge in [0.15, 0.2) is 0 Å². The van der Waals surface area contributed by atoms with Gasteiger partial charge in [0.2, 0.25) is 0 Å². The molecular formula is C11H14FN. The summed E-state index contributed by atoms with van der Waals surface area (Å²) in [6, 6.07) is 10.4. The van der Waals surface area contributed by atoms with E-state index in [9.17, 15) is 4.48 Å². The Bertz CT molecular complexity index is 252. The monoisotopic (exact) mass is 179 g/mol. The maximum atomic E-state index is 12.7. The molecule has 0 radical (unpaired) electrons. The molecule has 0 atom stereocenters. The highest BCUT2D eigenvalue weighted by molar-refractivity contribution is 5.19. The molecule has 1 nitrogen and oxygen atoms in total. The third kappa shape index (κ3) is 2.07. The fraction of sp³-hybridized carbons (Fsp3) is 0.455. The topological polar surface area (TPSA) is 3.24 Å². The second kappa shape index (κ2) is 3.88. The second-order valence-electron chi connectivity index (χ2n) is 3.59. The van der Waals surface area contributed by atoms with Gasteiger partial charge >= 0.3 is 0 Å². The number of rotatable bonds is 1. The van der Waals surface area contributed by atoms with E-state index in [1.165, 1.54) is 5.56 Å². The zero-order valence-electron chi connectivity index (χ0n) is 7.62.